The summed E-state index contributed by atoms with van der Waals surface area (Å²) < 4.78 is 5.12. The summed E-state index contributed by atoms with van der Waals surface area (Å²) in [6.07, 6.45) is 0.764. The first-order valence-corrected chi connectivity index (χ1v) is 5.08. The predicted octanol–water partition coefficient (Wildman–Crippen LogP) is 1.63. The summed E-state index contributed by atoms with van der Waals surface area (Å²) in [6.45, 7) is 6.37. The minimum atomic E-state index is 0.133. The van der Waals surface area contributed by atoms with Gasteiger partial charge in [-0.2, -0.15) is 10.1 Å². The lowest BCUT2D eigenvalue weighted by Gasteiger charge is -2.14. The third-order valence-electron chi connectivity index (χ3n) is 1.98. The van der Waals surface area contributed by atoms with Crippen LogP contribution in [0.4, 0.5) is 5.82 Å². The van der Waals surface area contributed by atoms with Gasteiger partial charge in [0.1, 0.15) is 11.5 Å². The molecule has 0 saturated carbocycles. The molecular weight excluding hydrogens is 206 g/mol. The standard InChI is InChI=1S/C10H15N5O/c1-10(2,3)5-8-12-9(16-15-8)6-4-7(11)14-13-6/h4H,5H2,1-3H3,(H3,11,13,14). The van der Waals surface area contributed by atoms with Crippen LogP contribution in [0.25, 0.3) is 11.6 Å². The summed E-state index contributed by atoms with van der Waals surface area (Å²) >= 11 is 0. The Morgan fingerprint density at radius 3 is 2.75 bits per heavy atom. The van der Waals surface area contributed by atoms with E-state index in [0.717, 1.165) is 6.42 Å². The number of nitrogens with one attached hydrogen (secondary N) is 1. The van der Waals surface area contributed by atoms with E-state index >= 15 is 0 Å². The van der Waals surface area contributed by atoms with Crippen LogP contribution in [0.1, 0.15) is 26.6 Å². The van der Waals surface area contributed by atoms with Gasteiger partial charge in [0.2, 0.25) is 0 Å². The minimum Gasteiger partial charge on any atom is -0.382 e. The second-order valence-corrected chi connectivity index (χ2v) is 4.96. The van der Waals surface area contributed by atoms with Gasteiger partial charge >= 0.3 is 0 Å². The number of H-pyrrole nitrogens is 1. The van der Waals surface area contributed by atoms with Crippen LogP contribution in [0.2, 0.25) is 0 Å². The molecule has 2 aromatic heterocycles. The first-order valence-electron chi connectivity index (χ1n) is 5.08. The maximum Gasteiger partial charge on any atom is 0.276 e. The Hall–Kier alpha value is -1.85. The molecule has 0 amide bonds. The second-order valence-electron chi connectivity index (χ2n) is 4.96. The molecule has 0 aromatic carbocycles. The number of hydrogen-bond acceptors (Lipinski definition) is 5. The number of aromatic nitrogens is 4. The molecule has 2 heterocycles. The van der Waals surface area contributed by atoms with Crippen LogP contribution in [0.5, 0.6) is 0 Å². The molecule has 0 bridgehead atoms. The lowest BCUT2D eigenvalue weighted by atomic mass is 9.92. The number of nitrogens with zero attached hydrogens (tertiary/aromatic N) is 3. The summed E-state index contributed by atoms with van der Waals surface area (Å²) in [4.78, 5) is 4.27. The van der Waals surface area contributed by atoms with E-state index in [1.54, 1.807) is 6.07 Å². The zero-order chi connectivity index (χ0) is 11.8. The van der Waals surface area contributed by atoms with Crippen molar-refractivity contribution >= 4 is 5.82 Å². The fourth-order valence-corrected chi connectivity index (χ4v) is 1.36. The van der Waals surface area contributed by atoms with Crippen LogP contribution in [0.15, 0.2) is 10.6 Å². The summed E-state index contributed by atoms with van der Waals surface area (Å²) in [6, 6.07) is 1.66. The molecule has 0 atom stereocenters. The van der Waals surface area contributed by atoms with Crippen LogP contribution in [0.3, 0.4) is 0 Å². The van der Waals surface area contributed by atoms with Gasteiger partial charge in [-0.15, -0.1) is 0 Å². The number of hydrogen-bond donors (Lipinski definition) is 2. The summed E-state index contributed by atoms with van der Waals surface area (Å²) in [7, 11) is 0. The fraction of sp³-hybridized carbons (Fsp3) is 0.500. The largest absolute Gasteiger partial charge is 0.382 e. The van der Waals surface area contributed by atoms with E-state index in [1.165, 1.54) is 0 Å². The number of rotatable bonds is 2. The van der Waals surface area contributed by atoms with Crippen LogP contribution in [-0.2, 0) is 6.42 Å². The lowest BCUT2D eigenvalue weighted by Crippen LogP contribution is -2.10. The Balaban J connectivity index is 2.20. The van der Waals surface area contributed by atoms with Gasteiger partial charge in [0.05, 0.1) is 0 Å². The summed E-state index contributed by atoms with van der Waals surface area (Å²) in [5.41, 5.74) is 6.27. The molecule has 0 fully saturated rings. The molecular formula is C10H15N5O. The van der Waals surface area contributed by atoms with Crippen molar-refractivity contribution in [1.82, 2.24) is 20.3 Å². The number of aromatic amines is 1. The highest BCUT2D eigenvalue weighted by Crippen LogP contribution is 2.21. The van der Waals surface area contributed by atoms with E-state index in [1.807, 2.05) is 0 Å². The number of nitrogens with two attached hydrogens (primary N) is 1. The first-order chi connectivity index (χ1) is 7.44. The summed E-state index contributed by atoms with van der Waals surface area (Å²) in [5.74, 6) is 1.52. The quantitative estimate of drug-likeness (QED) is 0.803. The highest BCUT2D eigenvalue weighted by molar-refractivity contribution is 5.51. The van der Waals surface area contributed by atoms with Crippen molar-refractivity contribution in [2.45, 2.75) is 27.2 Å². The third kappa shape index (κ3) is 2.39. The molecule has 2 rings (SSSR count). The van der Waals surface area contributed by atoms with E-state index in [-0.39, 0.29) is 5.41 Å². The molecule has 86 valence electrons. The smallest absolute Gasteiger partial charge is 0.276 e. The molecule has 0 aliphatic heterocycles. The Bertz CT molecular complexity index is 479. The molecule has 16 heavy (non-hydrogen) atoms. The van der Waals surface area contributed by atoms with Gasteiger partial charge < -0.3 is 10.3 Å². The fourth-order valence-electron chi connectivity index (χ4n) is 1.36. The van der Waals surface area contributed by atoms with Crippen molar-refractivity contribution in [1.29, 1.82) is 0 Å². The van der Waals surface area contributed by atoms with Crippen LogP contribution in [0, 0.1) is 5.41 Å². The molecule has 0 unspecified atom stereocenters. The van der Waals surface area contributed by atoms with Gasteiger partial charge in [0.15, 0.2) is 5.82 Å². The molecule has 2 aromatic rings. The molecule has 3 N–H and O–H groups in total. The molecule has 0 spiro atoms. The SMILES string of the molecule is CC(C)(C)Cc1noc(-c2cc(N)n[nH]2)n1. The topological polar surface area (TPSA) is 93.6 Å². The van der Waals surface area contributed by atoms with Crippen molar-refractivity contribution in [3.05, 3.63) is 11.9 Å². The van der Waals surface area contributed by atoms with E-state index in [2.05, 4.69) is 41.1 Å². The van der Waals surface area contributed by atoms with Gasteiger partial charge in [-0.3, -0.25) is 5.10 Å². The van der Waals surface area contributed by atoms with Gasteiger partial charge in [-0.25, -0.2) is 0 Å². The highest BCUT2D eigenvalue weighted by atomic mass is 16.5. The van der Waals surface area contributed by atoms with E-state index < -0.39 is 0 Å². The monoisotopic (exact) mass is 221 g/mol. The van der Waals surface area contributed by atoms with Gasteiger partial charge in [0.25, 0.3) is 5.89 Å². The maximum atomic E-state index is 5.49. The Kier molecular flexibility index (Phi) is 2.41. The zero-order valence-corrected chi connectivity index (χ0v) is 9.61. The first kappa shape index (κ1) is 10.7. The van der Waals surface area contributed by atoms with Crippen molar-refractivity contribution in [2.75, 3.05) is 5.73 Å². The van der Waals surface area contributed by atoms with Gasteiger partial charge in [-0.05, 0) is 5.41 Å². The Labute approximate surface area is 93.2 Å². The van der Waals surface area contributed by atoms with Crippen molar-refractivity contribution < 1.29 is 4.52 Å². The van der Waals surface area contributed by atoms with Crippen LogP contribution < -0.4 is 5.73 Å². The average molecular weight is 221 g/mol. The number of anilines is 1. The predicted molar refractivity (Wildman–Crippen MR) is 59.5 cm³/mol. The lowest BCUT2D eigenvalue weighted by molar-refractivity contribution is 0.374. The third-order valence-corrected chi connectivity index (χ3v) is 1.98. The molecule has 0 radical (unpaired) electrons. The molecule has 0 saturated heterocycles. The van der Waals surface area contributed by atoms with E-state index in [4.69, 9.17) is 10.3 Å². The number of nitrogen functional groups attached to an aromatic ring is 1. The van der Waals surface area contributed by atoms with Crippen molar-refractivity contribution in [2.24, 2.45) is 5.41 Å². The van der Waals surface area contributed by atoms with Gasteiger partial charge in [-0.1, -0.05) is 25.9 Å². The van der Waals surface area contributed by atoms with Crippen molar-refractivity contribution in [3.63, 3.8) is 0 Å². The van der Waals surface area contributed by atoms with E-state index in [9.17, 15) is 0 Å². The Morgan fingerprint density at radius 1 is 1.44 bits per heavy atom. The normalized spacial score (nSPS) is 11.9. The zero-order valence-electron chi connectivity index (χ0n) is 9.61. The van der Waals surface area contributed by atoms with E-state index in [0.29, 0.717) is 23.2 Å². The van der Waals surface area contributed by atoms with Crippen LogP contribution in [-0.4, -0.2) is 20.3 Å². The summed E-state index contributed by atoms with van der Waals surface area (Å²) in [5, 5.41) is 10.4. The minimum absolute atomic E-state index is 0.133. The Morgan fingerprint density at radius 2 is 2.19 bits per heavy atom. The second kappa shape index (κ2) is 3.62. The van der Waals surface area contributed by atoms with Gasteiger partial charge in [0, 0.05) is 12.5 Å². The van der Waals surface area contributed by atoms with Crippen molar-refractivity contribution in [3.8, 4) is 11.6 Å². The average Bonchev–Trinajstić information content (AvgIpc) is 2.71. The molecule has 6 nitrogen and oxygen atoms in total. The molecule has 0 aliphatic rings. The van der Waals surface area contributed by atoms with Crippen LogP contribution >= 0.6 is 0 Å². The molecule has 6 heteroatoms. The highest BCUT2D eigenvalue weighted by Gasteiger charge is 2.17. The molecule has 0 aliphatic carbocycles. The maximum absolute atomic E-state index is 5.49.